The van der Waals surface area contributed by atoms with Crippen LogP contribution in [0.15, 0.2) is 12.1 Å². The van der Waals surface area contributed by atoms with Crippen molar-refractivity contribution in [3.8, 4) is 0 Å². The van der Waals surface area contributed by atoms with Crippen LogP contribution >= 0.6 is 23.5 Å². The first-order valence-corrected chi connectivity index (χ1v) is 11.1. The maximum Gasteiger partial charge on any atom is 0.419 e. The number of hydrogen-bond acceptors (Lipinski definition) is 7. The maximum atomic E-state index is 12.7. The van der Waals surface area contributed by atoms with Crippen LogP contribution in [0.3, 0.4) is 0 Å². The molecule has 0 unspecified atom stereocenters. The topological polar surface area (TPSA) is 79.7 Å². The van der Waals surface area contributed by atoms with Crippen molar-refractivity contribution in [1.29, 1.82) is 0 Å². The molecule has 3 rings (SSSR count). The van der Waals surface area contributed by atoms with E-state index in [0.29, 0.717) is 27.6 Å². The number of hydrogen-bond donors (Lipinski definition) is 1. The Hall–Kier alpha value is -1.81. The minimum atomic E-state index is -0.503. The SMILES string of the molecule is CCOC(=O)n1c(C(C)(C)C)nc2cc(Cl)c(NC(=O)SN3CCN(C)CC3)cc21. The normalized spacial score (nSPS) is 16.1. The van der Waals surface area contributed by atoms with Gasteiger partial charge in [0.2, 0.25) is 0 Å². The second-order valence-electron chi connectivity index (χ2n) is 8.28. The fourth-order valence-electron chi connectivity index (χ4n) is 3.20. The van der Waals surface area contributed by atoms with Gasteiger partial charge in [0, 0.05) is 43.5 Å². The zero-order chi connectivity index (χ0) is 22.1. The van der Waals surface area contributed by atoms with E-state index in [1.807, 2.05) is 25.1 Å². The lowest BCUT2D eigenvalue weighted by Gasteiger charge is -2.30. The number of likely N-dealkylation sites (N-methyl/N-ethyl adjacent to an activating group) is 1. The fraction of sp³-hybridized carbons (Fsp3) is 0.550. The van der Waals surface area contributed by atoms with E-state index in [-0.39, 0.29) is 17.3 Å². The summed E-state index contributed by atoms with van der Waals surface area (Å²) in [5.41, 5.74) is 1.16. The number of halogens is 1. The quantitative estimate of drug-likeness (QED) is 0.689. The summed E-state index contributed by atoms with van der Waals surface area (Å²) >= 11 is 7.56. The molecule has 8 nitrogen and oxygen atoms in total. The van der Waals surface area contributed by atoms with E-state index >= 15 is 0 Å². The number of amides is 1. The first kappa shape index (κ1) is 22.9. The van der Waals surface area contributed by atoms with Gasteiger partial charge in [-0.15, -0.1) is 0 Å². The first-order valence-electron chi connectivity index (χ1n) is 9.92. The first-order chi connectivity index (χ1) is 14.1. The number of ether oxygens (including phenoxy) is 1. The number of benzene rings is 1. The molecule has 10 heteroatoms. The smallest absolute Gasteiger partial charge is 0.419 e. The predicted molar refractivity (Wildman–Crippen MR) is 122 cm³/mol. The third kappa shape index (κ3) is 5.08. The van der Waals surface area contributed by atoms with Gasteiger partial charge in [0.1, 0.15) is 5.82 Å². The molecule has 1 amide bonds. The second kappa shape index (κ2) is 9.13. The molecule has 0 radical (unpaired) electrons. The monoisotopic (exact) mass is 453 g/mol. The minimum absolute atomic E-state index is 0.223. The highest BCUT2D eigenvalue weighted by atomic mass is 35.5. The molecular formula is C20H28ClN5O3S. The van der Waals surface area contributed by atoms with E-state index in [1.165, 1.54) is 4.57 Å². The van der Waals surface area contributed by atoms with Crippen LogP contribution in [-0.4, -0.2) is 69.9 Å². The molecule has 0 aliphatic carbocycles. The van der Waals surface area contributed by atoms with Gasteiger partial charge < -0.3 is 15.0 Å². The van der Waals surface area contributed by atoms with Crippen molar-refractivity contribution in [2.75, 3.05) is 45.2 Å². The third-order valence-corrected chi connectivity index (χ3v) is 5.98. The van der Waals surface area contributed by atoms with Crippen LogP contribution in [0.5, 0.6) is 0 Å². The lowest BCUT2D eigenvalue weighted by atomic mass is 9.96. The van der Waals surface area contributed by atoms with Gasteiger partial charge in [-0.05, 0) is 26.1 Å². The zero-order valence-corrected chi connectivity index (χ0v) is 19.6. The maximum absolute atomic E-state index is 12.7. The summed E-state index contributed by atoms with van der Waals surface area (Å²) in [6.07, 6.45) is -0.503. The van der Waals surface area contributed by atoms with Crippen molar-refractivity contribution in [3.05, 3.63) is 23.0 Å². The van der Waals surface area contributed by atoms with E-state index in [4.69, 9.17) is 16.3 Å². The van der Waals surface area contributed by atoms with Gasteiger partial charge in [-0.3, -0.25) is 4.79 Å². The highest BCUT2D eigenvalue weighted by molar-refractivity contribution is 8.11. The summed E-state index contributed by atoms with van der Waals surface area (Å²) in [5.74, 6) is 0.572. The van der Waals surface area contributed by atoms with Crippen LogP contribution in [0, 0.1) is 0 Å². The van der Waals surface area contributed by atoms with Crippen LogP contribution in [-0.2, 0) is 10.2 Å². The predicted octanol–water partition coefficient (Wildman–Crippen LogP) is 4.42. The molecule has 2 aromatic rings. The number of aromatic nitrogens is 2. The number of carbonyl (C=O) groups is 2. The number of carbonyl (C=O) groups excluding carboxylic acids is 2. The summed E-state index contributed by atoms with van der Waals surface area (Å²) in [5, 5.41) is 2.99. The minimum Gasteiger partial charge on any atom is -0.449 e. The van der Waals surface area contributed by atoms with Crippen LogP contribution in [0.1, 0.15) is 33.5 Å². The van der Waals surface area contributed by atoms with E-state index in [1.54, 1.807) is 19.1 Å². The molecule has 1 aliphatic rings. The summed E-state index contributed by atoms with van der Waals surface area (Å²) in [7, 11) is 2.07. The lowest BCUT2D eigenvalue weighted by Crippen LogP contribution is -2.41. The molecule has 1 aromatic heterocycles. The Morgan fingerprint density at radius 3 is 2.50 bits per heavy atom. The van der Waals surface area contributed by atoms with E-state index in [9.17, 15) is 9.59 Å². The summed E-state index contributed by atoms with van der Waals surface area (Å²) < 4.78 is 8.73. The van der Waals surface area contributed by atoms with Gasteiger partial charge in [0.15, 0.2) is 0 Å². The molecule has 164 valence electrons. The molecular weight excluding hydrogens is 426 g/mol. The van der Waals surface area contributed by atoms with Gasteiger partial charge in [0.25, 0.3) is 5.24 Å². The van der Waals surface area contributed by atoms with Crippen molar-refractivity contribution in [2.45, 2.75) is 33.1 Å². The van der Waals surface area contributed by atoms with Gasteiger partial charge >= 0.3 is 6.09 Å². The van der Waals surface area contributed by atoms with Crippen LogP contribution in [0.4, 0.5) is 15.3 Å². The molecule has 0 saturated carbocycles. The lowest BCUT2D eigenvalue weighted by molar-refractivity contribution is 0.153. The van der Waals surface area contributed by atoms with Gasteiger partial charge in [-0.1, -0.05) is 32.4 Å². The number of nitrogens with zero attached hydrogens (tertiary/aromatic N) is 4. The number of fused-ring (bicyclic) bond motifs is 1. The Labute approximate surface area is 186 Å². The standard InChI is InChI=1S/C20H28ClN5O3S/c1-6-29-19(28)26-16-12-14(13(21)11-15(16)22-17(26)20(2,3)4)23-18(27)30-25-9-7-24(5)8-10-25/h11-12H,6-10H2,1-5H3,(H,23,27). The Morgan fingerprint density at radius 2 is 1.90 bits per heavy atom. The number of rotatable bonds is 3. The van der Waals surface area contributed by atoms with E-state index in [2.05, 4.69) is 22.2 Å². The molecule has 1 N–H and O–H groups in total. The van der Waals surface area contributed by atoms with Gasteiger partial charge in [-0.25, -0.2) is 18.7 Å². The Morgan fingerprint density at radius 1 is 1.23 bits per heavy atom. The summed E-state index contributed by atoms with van der Waals surface area (Å²) in [4.78, 5) is 32.1. The highest BCUT2D eigenvalue weighted by Gasteiger charge is 2.28. The number of piperazine rings is 1. The third-order valence-electron chi connectivity index (χ3n) is 4.78. The Balaban J connectivity index is 1.90. The van der Waals surface area contributed by atoms with Crippen molar-refractivity contribution < 1.29 is 14.3 Å². The van der Waals surface area contributed by atoms with Crippen LogP contribution in [0.2, 0.25) is 5.02 Å². The average molecular weight is 454 g/mol. The van der Waals surface area contributed by atoms with E-state index < -0.39 is 6.09 Å². The molecule has 0 atom stereocenters. The Bertz CT molecular complexity index is 948. The Kier molecular flexibility index (Phi) is 6.96. The van der Waals surface area contributed by atoms with Crippen molar-refractivity contribution in [3.63, 3.8) is 0 Å². The number of nitrogens with one attached hydrogen (secondary N) is 1. The highest BCUT2D eigenvalue weighted by Crippen LogP contribution is 2.33. The molecule has 2 heterocycles. The van der Waals surface area contributed by atoms with Crippen LogP contribution < -0.4 is 5.32 Å². The molecule has 0 spiro atoms. The van der Waals surface area contributed by atoms with Gasteiger partial charge in [0.05, 0.1) is 28.4 Å². The summed E-state index contributed by atoms with van der Waals surface area (Å²) in [6, 6.07) is 3.34. The molecule has 1 aliphatic heterocycles. The fourth-order valence-corrected chi connectivity index (χ4v) is 4.14. The van der Waals surface area contributed by atoms with Crippen molar-refractivity contribution in [1.82, 2.24) is 18.8 Å². The van der Waals surface area contributed by atoms with Crippen molar-refractivity contribution >= 4 is 51.6 Å². The van der Waals surface area contributed by atoms with Crippen molar-refractivity contribution in [2.24, 2.45) is 0 Å². The largest absolute Gasteiger partial charge is 0.449 e. The molecule has 30 heavy (non-hydrogen) atoms. The zero-order valence-electron chi connectivity index (χ0n) is 18.0. The van der Waals surface area contributed by atoms with E-state index in [0.717, 1.165) is 38.1 Å². The molecule has 1 aromatic carbocycles. The molecule has 1 fully saturated rings. The summed E-state index contributed by atoms with van der Waals surface area (Å²) in [6.45, 7) is 11.4. The number of imidazole rings is 1. The molecule has 1 saturated heterocycles. The van der Waals surface area contributed by atoms with Gasteiger partial charge in [-0.2, -0.15) is 0 Å². The second-order valence-corrected chi connectivity index (χ2v) is 9.75. The number of anilines is 1. The average Bonchev–Trinajstić information content (AvgIpc) is 3.03. The molecule has 0 bridgehead atoms. The van der Waals surface area contributed by atoms with Crippen LogP contribution in [0.25, 0.3) is 11.0 Å².